The second-order valence-corrected chi connectivity index (χ2v) is 6.72. The van der Waals surface area contributed by atoms with Crippen LogP contribution in [0.3, 0.4) is 0 Å². The molecule has 2 atom stereocenters. The van der Waals surface area contributed by atoms with E-state index >= 15 is 0 Å². The number of piperidine rings is 1. The first-order chi connectivity index (χ1) is 12.2. The molecule has 6 heteroatoms. The van der Waals surface area contributed by atoms with Crippen LogP contribution >= 0.6 is 0 Å². The topological polar surface area (TPSA) is 59.1 Å². The van der Waals surface area contributed by atoms with Crippen LogP contribution in [0.2, 0.25) is 0 Å². The molecule has 0 N–H and O–H groups in total. The highest BCUT2D eigenvalue weighted by Crippen LogP contribution is 2.30. The van der Waals surface area contributed by atoms with Crippen molar-refractivity contribution in [2.45, 2.75) is 25.4 Å². The van der Waals surface area contributed by atoms with Gasteiger partial charge in [-0.3, -0.25) is 9.59 Å². The van der Waals surface area contributed by atoms with E-state index in [1.165, 1.54) is 0 Å². The van der Waals surface area contributed by atoms with Crippen LogP contribution in [0, 0.1) is 5.92 Å². The lowest BCUT2D eigenvalue weighted by molar-refractivity contribution is -0.140. The molecule has 3 saturated heterocycles. The molecule has 0 unspecified atom stereocenters. The van der Waals surface area contributed by atoms with Crippen molar-refractivity contribution < 1.29 is 19.1 Å². The lowest BCUT2D eigenvalue weighted by atomic mass is 9.93. The molecule has 25 heavy (non-hydrogen) atoms. The highest BCUT2D eigenvalue weighted by Gasteiger charge is 2.41. The van der Waals surface area contributed by atoms with Crippen LogP contribution in [-0.2, 0) is 25.6 Å². The van der Waals surface area contributed by atoms with Gasteiger partial charge in [0.15, 0.2) is 0 Å². The average molecular weight is 346 g/mol. The van der Waals surface area contributed by atoms with Crippen LogP contribution in [0.25, 0.3) is 0 Å². The molecule has 136 valence electrons. The van der Waals surface area contributed by atoms with Crippen LogP contribution in [-0.4, -0.2) is 67.7 Å². The fraction of sp³-hybridized carbons (Fsp3) is 0.579. The van der Waals surface area contributed by atoms with Crippen molar-refractivity contribution in [2.75, 3.05) is 40.0 Å². The number of fused-ring (bicyclic) bond motifs is 4. The van der Waals surface area contributed by atoms with Gasteiger partial charge in [-0.1, -0.05) is 30.3 Å². The first kappa shape index (κ1) is 17.9. The van der Waals surface area contributed by atoms with E-state index in [1.54, 1.807) is 12.0 Å². The van der Waals surface area contributed by atoms with Gasteiger partial charge in [-0.05, 0) is 18.4 Å². The minimum Gasteiger partial charge on any atom is -0.382 e. The predicted octanol–water partition coefficient (Wildman–Crippen LogP) is 1.30. The summed E-state index contributed by atoms with van der Waals surface area (Å²) >= 11 is 0. The summed E-state index contributed by atoms with van der Waals surface area (Å²) in [4.78, 5) is 29.0. The molecule has 0 radical (unpaired) electrons. The lowest BCUT2D eigenvalue weighted by Crippen LogP contribution is -2.47. The summed E-state index contributed by atoms with van der Waals surface area (Å²) in [6.45, 7) is 2.65. The van der Waals surface area contributed by atoms with E-state index in [2.05, 4.69) is 0 Å². The molecule has 3 aliphatic heterocycles. The minimum absolute atomic E-state index is 0.0395. The first-order valence-corrected chi connectivity index (χ1v) is 8.88. The smallest absolute Gasteiger partial charge is 0.248 e. The number of carbonyl (C=O) groups is 2. The SMILES string of the molecule is COCCOCC(=O)N1C[C@@H]2CC[C@H](C1)N(Cc1ccccc1)C2=O. The molecule has 1 aromatic rings. The Morgan fingerprint density at radius 2 is 1.96 bits per heavy atom. The average Bonchev–Trinajstić information content (AvgIpc) is 2.92. The Morgan fingerprint density at radius 3 is 2.72 bits per heavy atom. The van der Waals surface area contributed by atoms with Crippen molar-refractivity contribution in [3.05, 3.63) is 35.9 Å². The van der Waals surface area contributed by atoms with E-state index < -0.39 is 0 Å². The number of hydrogen-bond donors (Lipinski definition) is 0. The number of amides is 2. The highest BCUT2D eigenvalue weighted by molar-refractivity contribution is 5.83. The third-order valence-electron chi connectivity index (χ3n) is 5.00. The Hall–Kier alpha value is -1.92. The molecule has 0 saturated carbocycles. The van der Waals surface area contributed by atoms with Crippen LogP contribution < -0.4 is 0 Å². The molecule has 2 bridgehead atoms. The monoisotopic (exact) mass is 346 g/mol. The zero-order valence-corrected chi connectivity index (χ0v) is 14.7. The van der Waals surface area contributed by atoms with Gasteiger partial charge in [-0.15, -0.1) is 0 Å². The van der Waals surface area contributed by atoms with Crippen molar-refractivity contribution in [1.82, 2.24) is 9.80 Å². The molecule has 0 aromatic heterocycles. The third kappa shape index (κ3) is 4.38. The van der Waals surface area contributed by atoms with Crippen molar-refractivity contribution in [2.24, 2.45) is 5.92 Å². The van der Waals surface area contributed by atoms with Crippen LogP contribution in [0.4, 0.5) is 0 Å². The van der Waals surface area contributed by atoms with Gasteiger partial charge in [-0.25, -0.2) is 0 Å². The summed E-state index contributed by atoms with van der Waals surface area (Å²) in [5, 5.41) is 0. The zero-order chi connectivity index (χ0) is 17.6. The molecular formula is C19H26N2O4. The summed E-state index contributed by atoms with van der Waals surface area (Å²) in [5.74, 6) is 0.0449. The summed E-state index contributed by atoms with van der Waals surface area (Å²) in [7, 11) is 1.60. The summed E-state index contributed by atoms with van der Waals surface area (Å²) < 4.78 is 10.3. The van der Waals surface area contributed by atoms with Crippen LogP contribution in [0.15, 0.2) is 30.3 Å². The van der Waals surface area contributed by atoms with E-state index in [0.717, 1.165) is 18.4 Å². The number of hydrogen-bond acceptors (Lipinski definition) is 4. The van der Waals surface area contributed by atoms with Crippen molar-refractivity contribution in [1.29, 1.82) is 0 Å². The number of nitrogens with zero attached hydrogens (tertiary/aromatic N) is 2. The summed E-state index contributed by atoms with van der Waals surface area (Å²) in [5.41, 5.74) is 1.13. The number of ether oxygens (including phenoxy) is 2. The lowest BCUT2D eigenvalue weighted by Gasteiger charge is -2.36. The molecule has 6 nitrogen and oxygen atoms in total. The van der Waals surface area contributed by atoms with E-state index in [0.29, 0.717) is 32.8 Å². The molecule has 2 amide bonds. The Bertz CT molecular complexity index is 592. The molecule has 3 heterocycles. The summed E-state index contributed by atoms with van der Waals surface area (Å²) in [6, 6.07) is 10.1. The Labute approximate surface area is 148 Å². The second kappa shape index (κ2) is 8.45. The van der Waals surface area contributed by atoms with Gasteiger partial charge in [-0.2, -0.15) is 0 Å². The fourth-order valence-electron chi connectivity index (χ4n) is 3.63. The molecular weight excluding hydrogens is 320 g/mol. The van der Waals surface area contributed by atoms with E-state index in [-0.39, 0.29) is 30.4 Å². The molecule has 1 aromatic carbocycles. The van der Waals surface area contributed by atoms with Gasteiger partial charge in [0.2, 0.25) is 11.8 Å². The largest absolute Gasteiger partial charge is 0.382 e. The van der Waals surface area contributed by atoms with E-state index in [9.17, 15) is 9.59 Å². The van der Waals surface area contributed by atoms with Gasteiger partial charge >= 0.3 is 0 Å². The standard InChI is InChI=1S/C19H26N2O4/c1-24-9-10-25-14-18(22)20-12-16-7-8-17(13-20)21(19(16)23)11-15-5-3-2-4-6-15/h2-6,16-17H,7-14H2,1H3/t16-,17+/m0/s1. The maximum absolute atomic E-state index is 12.8. The first-order valence-electron chi connectivity index (χ1n) is 8.88. The van der Waals surface area contributed by atoms with Crippen LogP contribution in [0.1, 0.15) is 18.4 Å². The van der Waals surface area contributed by atoms with Crippen LogP contribution in [0.5, 0.6) is 0 Å². The highest BCUT2D eigenvalue weighted by atomic mass is 16.5. The second-order valence-electron chi connectivity index (χ2n) is 6.72. The molecule has 0 aliphatic carbocycles. The number of methoxy groups -OCH3 is 1. The fourth-order valence-corrected chi connectivity index (χ4v) is 3.63. The Balaban J connectivity index is 1.63. The maximum Gasteiger partial charge on any atom is 0.248 e. The van der Waals surface area contributed by atoms with Gasteiger partial charge < -0.3 is 19.3 Å². The Kier molecular flexibility index (Phi) is 6.04. The van der Waals surface area contributed by atoms with Crippen molar-refractivity contribution in [3.63, 3.8) is 0 Å². The number of carbonyl (C=O) groups excluding carboxylic acids is 2. The zero-order valence-electron chi connectivity index (χ0n) is 14.7. The van der Waals surface area contributed by atoms with Gasteiger partial charge in [0.05, 0.1) is 19.1 Å². The quantitative estimate of drug-likeness (QED) is 0.698. The summed E-state index contributed by atoms with van der Waals surface area (Å²) in [6.07, 6.45) is 1.82. The van der Waals surface area contributed by atoms with Gasteiger partial charge in [0.25, 0.3) is 0 Å². The Morgan fingerprint density at radius 1 is 1.16 bits per heavy atom. The number of benzene rings is 1. The normalized spacial score (nSPS) is 23.0. The third-order valence-corrected chi connectivity index (χ3v) is 5.00. The van der Waals surface area contributed by atoms with Crippen molar-refractivity contribution >= 4 is 11.8 Å². The molecule has 0 spiro atoms. The predicted molar refractivity (Wildman–Crippen MR) is 92.8 cm³/mol. The van der Waals surface area contributed by atoms with Gasteiger partial charge in [0, 0.05) is 32.8 Å². The molecule has 3 fully saturated rings. The van der Waals surface area contributed by atoms with Gasteiger partial charge in [0.1, 0.15) is 6.61 Å². The number of rotatable bonds is 7. The maximum atomic E-state index is 12.8. The molecule has 3 aliphatic rings. The van der Waals surface area contributed by atoms with E-state index in [1.807, 2.05) is 35.2 Å². The molecule has 4 rings (SSSR count). The van der Waals surface area contributed by atoms with Crippen molar-refractivity contribution in [3.8, 4) is 0 Å². The van der Waals surface area contributed by atoms with E-state index in [4.69, 9.17) is 9.47 Å². The minimum atomic E-state index is -0.0922.